The molecule has 3 aromatic carbocycles. The molecule has 0 fully saturated rings. The van der Waals surface area contributed by atoms with Crippen LogP contribution in [0.2, 0.25) is 5.02 Å². The molecule has 0 N–H and O–H groups in total. The number of hydrogen-bond donors (Lipinski definition) is 0. The fraction of sp³-hybridized carbons (Fsp3) is 0.389. The summed E-state index contributed by atoms with van der Waals surface area (Å²) in [5.41, 5.74) is 6.93. The molecule has 3 aromatic rings. The Labute approximate surface area is 256 Å². The summed E-state index contributed by atoms with van der Waals surface area (Å²) in [5, 5.41) is 0.819. The summed E-state index contributed by atoms with van der Waals surface area (Å²) in [4.78, 5) is 2.45. The fourth-order valence-corrected chi connectivity index (χ4v) is 5.52. The van der Waals surface area contributed by atoms with Crippen molar-refractivity contribution < 1.29 is 18.6 Å². The summed E-state index contributed by atoms with van der Waals surface area (Å²) in [7, 11) is 3.97. The van der Waals surface area contributed by atoms with Crippen molar-refractivity contribution in [2.75, 3.05) is 33.9 Å². The van der Waals surface area contributed by atoms with E-state index in [-0.39, 0.29) is 11.9 Å². The quantitative estimate of drug-likeness (QED) is 0.146. The molecule has 4 rings (SSSR count). The van der Waals surface area contributed by atoms with E-state index < -0.39 is 0 Å². The molecule has 1 aliphatic rings. The second-order valence-electron chi connectivity index (χ2n) is 10.6. The Bertz CT molecular complexity index is 1270. The van der Waals surface area contributed by atoms with E-state index in [1.807, 2.05) is 6.07 Å². The zero-order chi connectivity index (χ0) is 30.3. The summed E-state index contributed by atoms with van der Waals surface area (Å²) in [6, 6.07) is 21.1. The monoisotopic (exact) mass is 593 g/mol. The molecule has 0 spiro atoms. The molecule has 0 bridgehead atoms. The minimum atomic E-state index is -0.267. The van der Waals surface area contributed by atoms with Crippen molar-refractivity contribution in [3.63, 3.8) is 0 Å². The lowest BCUT2D eigenvalue weighted by atomic mass is 9.84. The van der Waals surface area contributed by atoms with Gasteiger partial charge in [-0.15, -0.1) is 0 Å². The van der Waals surface area contributed by atoms with Gasteiger partial charge in [0.25, 0.3) is 0 Å². The Morgan fingerprint density at radius 2 is 1.67 bits per heavy atom. The van der Waals surface area contributed by atoms with E-state index in [1.165, 1.54) is 58.4 Å². The van der Waals surface area contributed by atoms with Crippen LogP contribution in [0, 0.1) is 5.82 Å². The fourth-order valence-electron chi connectivity index (χ4n) is 5.35. The SMILES string of the molecule is C=COc1ccc(F)cc1.CCCc1ccc(Cl)cc1C1=C(C)C(c2ccc(OCCCCCOC)cc2)N(C)CC1. The first-order chi connectivity index (χ1) is 20.4. The predicted molar refractivity (Wildman–Crippen MR) is 173 cm³/mol. The van der Waals surface area contributed by atoms with Gasteiger partial charge in [-0.3, -0.25) is 4.90 Å². The van der Waals surface area contributed by atoms with Crippen molar-refractivity contribution in [3.05, 3.63) is 113 Å². The molecule has 0 aromatic heterocycles. The van der Waals surface area contributed by atoms with Crippen molar-refractivity contribution in [2.24, 2.45) is 0 Å². The lowest BCUT2D eigenvalue weighted by molar-refractivity contribution is 0.189. The number of nitrogens with zero attached hydrogens (tertiary/aromatic N) is 1. The van der Waals surface area contributed by atoms with E-state index in [0.29, 0.717) is 5.75 Å². The number of ether oxygens (including phenoxy) is 3. The van der Waals surface area contributed by atoms with Crippen LogP contribution >= 0.6 is 11.6 Å². The van der Waals surface area contributed by atoms with Crippen LogP contribution in [0.5, 0.6) is 11.5 Å². The third-order valence-corrected chi connectivity index (χ3v) is 7.68. The largest absolute Gasteiger partial charge is 0.494 e. The highest BCUT2D eigenvalue weighted by atomic mass is 35.5. The minimum Gasteiger partial charge on any atom is -0.494 e. The molecular formula is C36H45ClFNO3. The Kier molecular flexibility index (Phi) is 14.1. The molecule has 1 heterocycles. The Morgan fingerprint density at radius 3 is 2.33 bits per heavy atom. The van der Waals surface area contributed by atoms with E-state index >= 15 is 0 Å². The van der Waals surface area contributed by atoms with Crippen molar-refractivity contribution >= 4 is 17.2 Å². The zero-order valence-corrected chi connectivity index (χ0v) is 26.3. The zero-order valence-electron chi connectivity index (χ0n) is 25.5. The normalized spacial score (nSPS) is 15.1. The first-order valence-electron chi connectivity index (χ1n) is 14.8. The molecule has 226 valence electrons. The predicted octanol–water partition coefficient (Wildman–Crippen LogP) is 9.69. The number of halogens is 2. The van der Waals surface area contributed by atoms with Gasteiger partial charge in [-0.25, -0.2) is 4.39 Å². The van der Waals surface area contributed by atoms with E-state index in [4.69, 9.17) is 25.8 Å². The van der Waals surface area contributed by atoms with Crippen molar-refractivity contribution in [3.8, 4) is 11.5 Å². The summed E-state index contributed by atoms with van der Waals surface area (Å²) in [6.45, 7) is 10.5. The number of aryl methyl sites for hydroxylation is 1. The number of rotatable bonds is 13. The molecule has 6 heteroatoms. The first-order valence-corrected chi connectivity index (χ1v) is 15.2. The smallest absolute Gasteiger partial charge is 0.126 e. The van der Waals surface area contributed by atoms with Crippen LogP contribution in [0.15, 0.2) is 85.1 Å². The first kappa shape index (κ1) is 33.4. The van der Waals surface area contributed by atoms with Crippen LogP contribution in [-0.2, 0) is 11.2 Å². The molecule has 0 saturated carbocycles. The van der Waals surface area contributed by atoms with Crippen LogP contribution < -0.4 is 9.47 Å². The van der Waals surface area contributed by atoms with Crippen molar-refractivity contribution in [1.82, 2.24) is 4.90 Å². The molecule has 4 nitrogen and oxygen atoms in total. The highest BCUT2D eigenvalue weighted by Crippen LogP contribution is 2.40. The molecule has 42 heavy (non-hydrogen) atoms. The lowest BCUT2D eigenvalue weighted by Gasteiger charge is -2.36. The Balaban J connectivity index is 0.000000408. The lowest BCUT2D eigenvalue weighted by Crippen LogP contribution is -2.31. The average molecular weight is 594 g/mol. The van der Waals surface area contributed by atoms with Gasteiger partial charge < -0.3 is 14.2 Å². The number of likely N-dealkylation sites (N-methyl/N-ethyl adjacent to an activating group) is 1. The Hall–Kier alpha value is -3.12. The standard InChI is InChI=1S/C28H38ClNO2.C8H7FO/c1-5-9-22-10-13-24(29)20-27(22)26-16-17-30(3)28(21(26)2)23-11-14-25(15-12-23)32-19-8-6-7-18-31-4;1-2-10-8-5-3-7(9)4-6-8/h10-15,20,28H,5-9,16-19H2,1-4H3;2-6H,1H2. The maximum absolute atomic E-state index is 12.2. The van der Waals surface area contributed by atoms with Gasteiger partial charge in [0, 0.05) is 25.3 Å². The van der Waals surface area contributed by atoms with Gasteiger partial charge in [0.1, 0.15) is 17.3 Å². The number of hydrogen-bond acceptors (Lipinski definition) is 4. The second-order valence-corrected chi connectivity index (χ2v) is 11.0. The maximum atomic E-state index is 12.2. The molecule has 1 atom stereocenters. The van der Waals surface area contributed by atoms with Gasteiger partial charge in [-0.1, -0.05) is 49.7 Å². The minimum absolute atomic E-state index is 0.267. The summed E-state index contributed by atoms with van der Waals surface area (Å²) >= 11 is 6.41. The van der Waals surface area contributed by atoms with Crippen LogP contribution in [0.3, 0.4) is 0 Å². The van der Waals surface area contributed by atoms with Gasteiger partial charge in [-0.05, 0) is 122 Å². The van der Waals surface area contributed by atoms with Crippen molar-refractivity contribution in [1.29, 1.82) is 0 Å². The molecule has 1 aliphatic heterocycles. The van der Waals surface area contributed by atoms with E-state index in [2.05, 4.69) is 68.8 Å². The average Bonchev–Trinajstić information content (AvgIpc) is 2.98. The van der Waals surface area contributed by atoms with Gasteiger partial charge in [-0.2, -0.15) is 0 Å². The molecule has 0 amide bonds. The number of benzene rings is 3. The molecular weight excluding hydrogens is 549 g/mol. The Morgan fingerprint density at radius 1 is 0.976 bits per heavy atom. The van der Waals surface area contributed by atoms with Gasteiger partial charge in [0.2, 0.25) is 0 Å². The van der Waals surface area contributed by atoms with Gasteiger partial charge in [0.05, 0.1) is 18.9 Å². The summed E-state index contributed by atoms with van der Waals surface area (Å²) in [5.74, 6) is 1.27. The molecule has 0 saturated heterocycles. The molecule has 1 unspecified atom stereocenters. The third-order valence-electron chi connectivity index (χ3n) is 7.45. The maximum Gasteiger partial charge on any atom is 0.126 e. The number of methoxy groups -OCH3 is 1. The highest BCUT2D eigenvalue weighted by molar-refractivity contribution is 6.30. The van der Waals surface area contributed by atoms with Crippen LogP contribution in [0.25, 0.3) is 5.57 Å². The van der Waals surface area contributed by atoms with Crippen LogP contribution in [0.1, 0.15) is 68.7 Å². The van der Waals surface area contributed by atoms with Crippen molar-refractivity contribution in [2.45, 2.75) is 58.4 Å². The van der Waals surface area contributed by atoms with E-state index in [0.717, 1.165) is 69.1 Å². The number of unbranched alkanes of at least 4 members (excludes halogenated alkanes) is 2. The molecule has 0 radical (unpaired) electrons. The van der Waals surface area contributed by atoms with Gasteiger partial charge in [0.15, 0.2) is 0 Å². The highest BCUT2D eigenvalue weighted by Gasteiger charge is 2.27. The van der Waals surface area contributed by atoms with Gasteiger partial charge >= 0.3 is 0 Å². The summed E-state index contributed by atoms with van der Waals surface area (Å²) in [6.07, 6.45) is 7.86. The van der Waals surface area contributed by atoms with E-state index in [1.54, 1.807) is 7.11 Å². The van der Waals surface area contributed by atoms with Crippen LogP contribution in [-0.4, -0.2) is 38.8 Å². The summed E-state index contributed by atoms with van der Waals surface area (Å²) < 4.78 is 28.2. The van der Waals surface area contributed by atoms with E-state index in [9.17, 15) is 4.39 Å². The second kappa shape index (κ2) is 17.7. The van der Waals surface area contributed by atoms with Crippen LogP contribution in [0.4, 0.5) is 4.39 Å². The molecule has 0 aliphatic carbocycles. The topological polar surface area (TPSA) is 30.9 Å². The third kappa shape index (κ3) is 10.0.